The molecule has 4 rings (SSSR count). The molecule has 0 spiro atoms. The van der Waals surface area contributed by atoms with Crippen LogP contribution in [0.4, 0.5) is 0 Å². The Morgan fingerprint density at radius 3 is 2.42 bits per heavy atom. The Kier molecular flexibility index (Phi) is 6.54. The second-order valence-electron chi connectivity index (χ2n) is 8.10. The summed E-state index contributed by atoms with van der Waals surface area (Å²) in [6, 6.07) is 17.2. The lowest BCUT2D eigenvalue weighted by atomic mass is 9.94. The van der Waals surface area contributed by atoms with Crippen molar-refractivity contribution in [1.82, 2.24) is 4.90 Å². The number of carbonyl (C=O) groups is 2. The minimum atomic E-state index is -0.755. The summed E-state index contributed by atoms with van der Waals surface area (Å²) >= 11 is 0. The molecule has 1 atom stereocenters. The fraction of sp³-hybridized carbons (Fsp3) is 0.222. The molecule has 6 heteroatoms. The van der Waals surface area contributed by atoms with Crippen LogP contribution in [0.2, 0.25) is 0 Å². The first-order chi connectivity index (χ1) is 16.0. The molecule has 0 aliphatic carbocycles. The van der Waals surface area contributed by atoms with E-state index in [1.165, 1.54) is 4.90 Å². The van der Waals surface area contributed by atoms with Crippen LogP contribution in [-0.2, 0) is 16.1 Å². The second kappa shape index (κ2) is 9.69. The van der Waals surface area contributed by atoms with E-state index in [0.717, 1.165) is 23.1 Å². The van der Waals surface area contributed by atoms with Gasteiger partial charge in [0.1, 0.15) is 5.75 Å². The van der Waals surface area contributed by atoms with Gasteiger partial charge in [0.05, 0.1) is 19.2 Å². The largest absolute Gasteiger partial charge is 0.872 e. The second-order valence-corrected chi connectivity index (χ2v) is 8.10. The Labute approximate surface area is 193 Å². The third-order valence-corrected chi connectivity index (χ3v) is 5.64. The molecule has 2 aromatic carbocycles. The van der Waals surface area contributed by atoms with Gasteiger partial charge >= 0.3 is 0 Å². The molecular weight excluding hydrogens is 416 g/mol. The first-order valence-corrected chi connectivity index (χ1v) is 11.0. The van der Waals surface area contributed by atoms with E-state index in [1.807, 2.05) is 50.2 Å². The molecule has 1 N–H and O–H groups in total. The van der Waals surface area contributed by atoms with Crippen LogP contribution in [0, 0.1) is 6.92 Å². The Bertz CT molecular complexity index is 1170. The zero-order chi connectivity index (χ0) is 23.4. The van der Waals surface area contributed by atoms with E-state index >= 15 is 0 Å². The zero-order valence-electron chi connectivity index (χ0n) is 18.7. The van der Waals surface area contributed by atoms with Crippen molar-refractivity contribution in [2.24, 2.45) is 0 Å². The lowest BCUT2D eigenvalue weighted by molar-refractivity contribution is -0.378. The first-order valence-electron chi connectivity index (χ1n) is 11.0. The highest BCUT2D eigenvalue weighted by molar-refractivity contribution is 6.46. The van der Waals surface area contributed by atoms with Gasteiger partial charge in [0.25, 0.3) is 5.91 Å². The van der Waals surface area contributed by atoms with Gasteiger partial charge in [-0.15, -0.1) is 0 Å². The summed E-state index contributed by atoms with van der Waals surface area (Å²) in [6.07, 6.45) is 4.42. The monoisotopic (exact) mass is 442 g/mol. The lowest BCUT2D eigenvalue weighted by Crippen LogP contribution is -2.29. The van der Waals surface area contributed by atoms with Gasteiger partial charge in [-0.25, -0.2) is 4.98 Å². The zero-order valence-corrected chi connectivity index (χ0v) is 18.7. The number of carbonyl (C=O) groups excluding carboxylic acids is 2. The number of rotatable bonds is 7. The fourth-order valence-corrected chi connectivity index (χ4v) is 3.93. The number of nitrogens with zero attached hydrogens (tertiary/aromatic N) is 1. The normalized spacial score (nSPS) is 17.4. The third kappa shape index (κ3) is 4.65. The minimum Gasteiger partial charge on any atom is -0.872 e. The van der Waals surface area contributed by atoms with Crippen LogP contribution in [0.15, 0.2) is 78.6 Å². The average molecular weight is 443 g/mol. The molecule has 168 valence electrons. The molecular formula is C27H26N2O4. The minimum absolute atomic E-state index is 0.0222. The van der Waals surface area contributed by atoms with Crippen LogP contribution in [0.1, 0.15) is 41.6 Å². The molecule has 0 saturated carbocycles. The standard InChI is InChI=1S/C27H26N2O4/c1-3-15-33-22-12-10-21(11-13-22)25(30)23-24(20-8-6-18(2)7-9-20)29(27(32)26(23)31)17-19-5-4-14-28-16-19/h4-14,16,24,30H,3,15,17H2,1-2H3. The first kappa shape index (κ1) is 22.3. The van der Waals surface area contributed by atoms with Crippen molar-refractivity contribution in [2.75, 3.05) is 6.61 Å². The van der Waals surface area contributed by atoms with Crippen LogP contribution in [0.3, 0.4) is 0 Å². The lowest BCUT2D eigenvalue weighted by Gasteiger charge is -2.27. The molecule has 33 heavy (non-hydrogen) atoms. The summed E-state index contributed by atoms with van der Waals surface area (Å²) in [5.41, 5.74) is 2.94. The van der Waals surface area contributed by atoms with E-state index in [1.54, 1.807) is 36.7 Å². The molecule has 1 saturated heterocycles. The Balaban J connectivity index is 1.78. The van der Waals surface area contributed by atoms with Gasteiger partial charge in [0.2, 0.25) is 5.78 Å². The highest BCUT2D eigenvalue weighted by atomic mass is 16.5. The number of ketones is 1. The molecule has 3 aromatic rings. The van der Waals surface area contributed by atoms with E-state index in [-0.39, 0.29) is 12.1 Å². The Morgan fingerprint density at radius 1 is 1.06 bits per heavy atom. The van der Waals surface area contributed by atoms with Crippen LogP contribution < -0.4 is 14.8 Å². The number of hydrogen-bond donors (Lipinski definition) is 0. The van der Waals surface area contributed by atoms with E-state index in [4.69, 9.17) is 4.74 Å². The van der Waals surface area contributed by atoms with E-state index in [2.05, 4.69) is 4.98 Å². The highest BCUT2D eigenvalue weighted by Gasteiger charge is 2.44. The molecule has 0 radical (unpaired) electrons. The van der Waals surface area contributed by atoms with E-state index in [0.29, 0.717) is 17.9 Å². The summed E-state index contributed by atoms with van der Waals surface area (Å²) in [5.74, 6) is -1.21. The average Bonchev–Trinajstić information content (AvgIpc) is 3.08. The molecule has 6 nitrogen and oxygen atoms in total. The van der Waals surface area contributed by atoms with Gasteiger partial charge in [-0.1, -0.05) is 54.6 Å². The number of hydrogen-bond acceptors (Lipinski definition) is 4. The number of ether oxygens (including phenoxy) is 1. The Hall–Kier alpha value is -3.93. The molecule has 1 fully saturated rings. The number of aryl methyl sites for hydroxylation is 1. The maximum Gasteiger partial charge on any atom is 0.295 e. The van der Waals surface area contributed by atoms with Gasteiger partial charge in [-0.2, -0.15) is 0 Å². The van der Waals surface area contributed by atoms with Crippen LogP contribution in [0.25, 0.3) is 5.76 Å². The molecule has 0 bridgehead atoms. The number of amides is 1. The van der Waals surface area contributed by atoms with Crippen molar-refractivity contribution in [3.63, 3.8) is 0 Å². The quantitative estimate of drug-likeness (QED) is 0.320. The SMILES string of the molecule is CCCOc1ccc(C([O-])=C2C(=O)C(=O)N(Cc3ccc[nH+]c3)C2c2ccc(C)cc2)cc1. The van der Waals surface area contributed by atoms with Crippen molar-refractivity contribution in [3.05, 3.63) is 101 Å². The summed E-state index contributed by atoms with van der Waals surface area (Å²) < 4.78 is 5.59. The summed E-state index contributed by atoms with van der Waals surface area (Å²) in [4.78, 5) is 30.6. The number of Topliss-reactive ketones (excluding diaryl/α,β-unsaturated/α-hetero) is 1. The number of aromatic nitrogens is 1. The van der Waals surface area contributed by atoms with Crippen molar-refractivity contribution in [2.45, 2.75) is 32.9 Å². The van der Waals surface area contributed by atoms with E-state index in [9.17, 15) is 14.7 Å². The smallest absolute Gasteiger partial charge is 0.295 e. The van der Waals surface area contributed by atoms with Gasteiger partial charge in [-0.05, 0) is 42.7 Å². The Morgan fingerprint density at radius 2 is 1.79 bits per heavy atom. The maximum atomic E-state index is 13.5. The van der Waals surface area contributed by atoms with E-state index < -0.39 is 23.5 Å². The van der Waals surface area contributed by atoms with Crippen molar-refractivity contribution in [3.8, 4) is 5.75 Å². The van der Waals surface area contributed by atoms with Gasteiger partial charge in [-0.3, -0.25) is 9.59 Å². The molecule has 1 unspecified atom stereocenters. The van der Waals surface area contributed by atoms with Crippen LogP contribution in [-0.4, -0.2) is 23.2 Å². The fourth-order valence-electron chi connectivity index (χ4n) is 3.93. The highest BCUT2D eigenvalue weighted by Crippen LogP contribution is 2.39. The summed E-state index contributed by atoms with van der Waals surface area (Å²) in [5, 5.41) is 13.5. The number of nitrogens with one attached hydrogen (secondary N) is 1. The van der Waals surface area contributed by atoms with Gasteiger partial charge in [0.15, 0.2) is 12.4 Å². The number of pyridine rings is 1. The number of H-pyrrole nitrogens is 1. The topological polar surface area (TPSA) is 83.8 Å². The molecule has 1 aromatic heterocycles. The molecule has 1 aliphatic rings. The predicted molar refractivity (Wildman–Crippen MR) is 122 cm³/mol. The molecule has 2 heterocycles. The number of likely N-dealkylation sites (tertiary alicyclic amines) is 1. The van der Waals surface area contributed by atoms with Crippen molar-refractivity contribution >= 4 is 17.4 Å². The van der Waals surface area contributed by atoms with Gasteiger partial charge in [0, 0.05) is 17.2 Å². The van der Waals surface area contributed by atoms with Gasteiger partial charge < -0.3 is 14.7 Å². The summed E-state index contributed by atoms with van der Waals surface area (Å²) in [6.45, 7) is 4.77. The number of benzene rings is 2. The molecule has 1 amide bonds. The van der Waals surface area contributed by atoms with Crippen molar-refractivity contribution < 1.29 is 24.4 Å². The number of aromatic amines is 1. The van der Waals surface area contributed by atoms with Crippen LogP contribution in [0.5, 0.6) is 5.75 Å². The maximum absolute atomic E-state index is 13.5. The van der Waals surface area contributed by atoms with Crippen molar-refractivity contribution in [1.29, 1.82) is 0 Å². The third-order valence-electron chi connectivity index (χ3n) is 5.64. The molecule has 1 aliphatic heterocycles. The predicted octanol–water partition coefficient (Wildman–Crippen LogP) is 3.02. The summed E-state index contributed by atoms with van der Waals surface area (Å²) in [7, 11) is 0. The van der Waals surface area contributed by atoms with Crippen LogP contribution >= 0.6 is 0 Å².